The van der Waals surface area contributed by atoms with E-state index in [1.54, 1.807) is 11.8 Å². The second kappa shape index (κ2) is 6.64. The number of hydrogen-bond acceptors (Lipinski definition) is 2. The average Bonchev–Trinajstić information content (AvgIpc) is 2.40. The van der Waals surface area contributed by atoms with Crippen molar-refractivity contribution in [3.63, 3.8) is 0 Å². The van der Waals surface area contributed by atoms with Crippen LogP contribution in [0.1, 0.15) is 5.56 Å². The van der Waals surface area contributed by atoms with E-state index >= 15 is 0 Å². The molecule has 0 unspecified atom stereocenters. The molecule has 0 saturated carbocycles. The summed E-state index contributed by atoms with van der Waals surface area (Å²) in [5.74, 6) is 1.77. The van der Waals surface area contributed by atoms with Crippen LogP contribution >= 0.6 is 43.6 Å². The summed E-state index contributed by atoms with van der Waals surface area (Å²) >= 11 is 8.64. The molecule has 0 radical (unpaired) electrons. The van der Waals surface area contributed by atoms with Crippen LogP contribution in [0, 0.1) is 0 Å². The molecule has 0 fully saturated rings. The van der Waals surface area contributed by atoms with Gasteiger partial charge in [0.15, 0.2) is 0 Å². The highest BCUT2D eigenvalue weighted by molar-refractivity contribution is 9.10. The number of alkyl halides is 1. The third-order valence-electron chi connectivity index (χ3n) is 2.46. The van der Waals surface area contributed by atoms with Gasteiger partial charge in [-0.15, -0.1) is 11.8 Å². The first kappa shape index (κ1) is 14.0. The molecule has 2 aromatic carbocycles. The summed E-state index contributed by atoms with van der Waals surface area (Å²) in [6.45, 7) is 0. The molecule has 18 heavy (non-hydrogen) atoms. The molecule has 0 bridgehead atoms. The van der Waals surface area contributed by atoms with Gasteiger partial charge in [-0.05, 0) is 30.5 Å². The maximum atomic E-state index is 6.02. The molecule has 1 nitrogen and oxygen atoms in total. The van der Waals surface area contributed by atoms with E-state index in [0.717, 1.165) is 31.8 Å². The summed E-state index contributed by atoms with van der Waals surface area (Å²) in [7, 11) is 0. The third-order valence-corrected chi connectivity index (χ3v) is 4.34. The predicted octanol–water partition coefficient (Wildman–Crippen LogP) is 5.86. The van der Waals surface area contributed by atoms with Crippen molar-refractivity contribution in [1.29, 1.82) is 0 Å². The minimum absolute atomic E-state index is 0.775. The molecule has 94 valence electrons. The van der Waals surface area contributed by atoms with Crippen LogP contribution in [-0.2, 0) is 5.33 Å². The monoisotopic (exact) mass is 386 g/mol. The smallest absolute Gasteiger partial charge is 0.140 e. The zero-order chi connectivity index (χ0) is 13.0. The first-order valence-electron chi connectivity index (χ1n) is 5.40. The summed E-state index contributed by atoms with van der Waals surface area (Å²) in [4.78, 5) is 1.14. The van der Waals surface area contributed by atoms with Crippen LogP contribution in [0.15, 0.2) is 51.8 Å². The van der Waals surface area contributed by atoms with Crippen LogP contribution in [0.5, 0.6) is 11.5 Å². The third kappa shape index (κ3) is 3.31. The number of thioether (sulfide) groups is 1. The molecule has 0 heterocycles. The quantitative estimate of drug-likeness (QED) is 0.480. The molecule has 0 aliphatic heterocycles. The summed E-state index contributed by atoms with van der Waals surface area (Å²) < 4.78 is 7.04. The Morgan fingerprint density at radius 1 is 1.11 bits per heavy atom. The van der Waals surface area contributed by atoms with Crippen molar-refractivity contribution in [3.8, 4) is 11.5 Å². The van der Waals surface area contributed by atoms with Crippen molar-refractivity contribution in [1.82, 2.24) is 0 Å². The molecule has 0 spiro atoms. The molecule has 0 saturated heterocycles. The second-order valence-corrected chi connectivity index (χ2v) is 5.96. The summed E-state index contributed by atoms with van der Waals surface area (Å²) in [6, 6.07) is 14.1. The Labute approximate surface area is 128 Å². The van der Waals surface area contributed by atoms with E-state index in [0.29, 0.717) is 0 Å². The molecule has 0 N–H and O–H groups in total. The molecule has 0 amide bonds. The largest absolute Gasteiger partial charge is 0.456 e. The van der Waals surface area contributed by atoms with Gasteiger partial charge in [0.25, 0.3) is 0 Å². The fraction of sp³-hybridized carbons (Fsp3) is 0.143. The molecular formula is C14H12Br2OS. The lowest BCUT2D eigenvalue weighted by Crippen LogP contribution is -1.91. The number of ether oxygens (including phenoxy) is 1. The number of para-hydroxylation sites is 1. The maximum absolute atomic E-state index is 6.02. The standard InChI is InChI=1S/C14H12Br2OS/c1-18-14-5-3-2-4-12(14)17-13-8-11(16)7-6-10(13)9-15/h2-8H,9H2,1H3. The average molecular weight is 388 g/mol. The predicted molar refractivity (Wildman–Crippen MR) is 85.1 cm³/mol. The van der Waals surface area contributed by atoms with Gasteiger partial charge in [0, 0.05) is 20.3 Å². The van der Waals surface area contributed by atoms with Gasteiger partial charge in [-0.25, -0.2) is 0 Å². The number of benzene rings is 2. The Kier molecular flexibility index (Phi) is 5.15. The minimum atomic E-state index is 0.775. The van der Waals surface area contributed by atoms with Crippen LogP contribution in [0.25, 0.3) is 0 Å². The maximum Gasteiger partial charge on any atom is 0.140 e. The van der Waals surface area contributed by atoms with Gasteiger partial charge >= 0.3 is 0 Å². The van der Waals surface area contributed by atoms with Gasteiger partial charge in [-0.2, -0.15) is 0 Å². The van der Waals surface area contributed by atoms with Gasteiger partial charge in [0.1, 0.15) is 11.5 Å². The van der Waals surface area contributed by atoms with Crippen molar-refractivity contribution in [2.24, 2.45) is 0 Å². The van der Waals surface area contributed by atoms with Crippen LogP contribution in [0.2, 0.25) is 0 Å². The van der Waals surface area contributed by atoms with Crippen molar-refractivity contribution >= 4 is 43.6 Å². The SMILES string of the molecule is CSc1ccccc1Oc1cc(Br)ccc1CBr. The van der Waals surface area contributed by atoms with Crippen molar-refractivity contribution in [3.05, 3.63) is 52.5 Å². The van der Waals surface area contributed by atoms with Gasteiger partial charge in [-0.1, -0.05) is 50.1 Å². The zero-order valence-electron chi connectivity index (χ0n) is 9.82. The zero-order valence-corrected chi connectivity index (χ0v) is 13.8. The van der Waals surface area contributed by atoms with E-state index in [4.69, 9.17) is 4.74 Å². The fourth-order valence-corrected chi connectivity index (χ4v) is 2.88. The van der Waals surface area contributed by atoms with Gasteiger partial charge in [-0.3, -0.25) is 0 Å². The number of rotatable bonds is 4. The van der Waals surface area contributed by atoms with E-state index in [1.165, 1.54) is 0 Å². The number of hydrogen-bond donors (Lipinski definition) is 0. The lowest BCUT2D eigenvalue weighted by Gasteiger charge is -2.12. The van der Waals surface area contributed by atoms with Gasteiger partial charge < -0.3 is 4.74 Å². The second-order valence-electron chi connectivity index (χ2n) is 3.64. The van der Waals surface area contributed by atoms with E-state index in [-0.39, 0.29) is 0 Å². The topological polar surface area (TPSA) is 9.23 Å². The van der Waals surface area contributed by atoms with Crippen LogP contribution in [-0.4, -0.2) is 6.26 Å². The lowest BCUT2D eigenvalue weighted by molar-refractivity contribution is 0.467. The van der Waals surface area contributed by atoms with Crippen LogP contribution in [0.4, 0.5) is 0 Å². The Balaban J connectivity index is 2.36. The molecule has 2 rings (SSSR count). The molecule has 0 atom stereocenters. The van der Waals surface area contributed by atoms with E-state index in [1.807, 2.05) is 30.3 Å². The molecule has 0 aliphatic rings. The Morgan fingerprint density at radius 2 is 1.89 bits per heavy atom. The van der Waals surface area contributed by atoms with Gasteiger partial charge in [0.05, 0.1) is 0 Å². The highest BCUT2D eigenvalue weighted by atomic mass is 79.9. The Bertz CT molecular complexity index is 543. The van der Waals surface area contributed by atoms with E-state index in [9.17, 15) is 0 Å². The normalized spacial score (nSPS) is 10.4. The summed E-state index contributed by atoms with van der Waals surface area (Å²) in [6.07, 6.45) is 2.05. The molecule has 4 heteroatoms. The van der Waals surface area contributed by atoms with Crippen LogP contribution < -0.4 is 4.74 Å². The Morgan fingerprint density at radius 3 is 2.61 bits per heavy atom. The molecule has 0 aliphatic carbocycles. The van der Waals surface area contributed by atoms with E-state index < -0.39 is 0 Å². The minimum Gasteiger partial charge on any atom is -0.456 e. The molecule has 0 aromatic heterocycles. The van der Waals surface area contributed by atoms with Crippen molar-refractivity contribution in [2.75, 3.05) is 6.26 Å². The lowest BCUT2D eigenvalue weighted by atomic mass is 10.2. The molecular weight excluding hydrogens is 376 g/mol. The van der Waals surface area contributed by atoms with Crippen molar-refractivity contribution < 1.29 is 4.74 Å². The first-order chi connectivity index (χ1) is 8.74. The number of halogens is 2. The molecule has 2 aromatic rings. The Hall–Kier alpha value is -0.450. The van der Waals surface area contributed by atoms with Crippen molar-refractivity contribution in [2.45, 2.75) is 10.2 Å². The van der Waals surface area contributed by atoms with Crippen LogP contribution in [0.3, 0.4) is 0 Å². The highest BCUT2D eigenvalue weighted by Gasteiger charge is 2.07. The summed E-state index contributed by atoms with van der Waals surface area (Å²) in [5, 5.41) is 0.775. The van der Waals surface area contributed by atoms with Gasteiger partial charge in [0.2, 0.25) is 0 Å². The highest BCUT2D eigenvalue weighted by Crippen LogP contribution is 2.34. The summed E-state index contributed by atoms with van der Waals surface area (Å²) in [5.41, 5.74) is 1.13. The fourth-order valence-electron chi connectivity index (χ4n) is 1.56. The van der Waals surface area contributed by atoms with E-state index in [2.05, 4.69) is 50.2 Å². The first-order valence-corrected chi connectivity index (χ1v) is 8.54.